The van der Waals surface area contributed by atoms with Gasteiger partial charge in [-0.1, -0.05) is 23.2 Å². The minimum Gasteiger partial charge on any atom is -0.345 e. The molecule has 3 aromatic heterocycles. The highest BCUT2D eigenvalue weighted by molar-refractivity contribution is 7.20. The molecule has 4 nitrogen and oxygen atoms in total. The first kappa shape index (κ1) is 11.6. The monoisotopic (exact) mass is 296 g/mol. The minimum atomic E-state index is 0.587. The summed E-state index contributed by atoms with van der Waals surface area (Å²) in [5, 5.41) is 0.587. The quantitative estimate of drug-likeness (QED) is 0.780. The van der Waals surface area contributed by atoms with Gasteiger partial charge in [0, 0.05) is 11.8 Å². The number of hydrogen-bond acceptors (Lipinski definition) is 4. The lowest BCUT2D eigenvalue weighted by Crippen LogP contribution is -1.89. The highest BCUT2D eigenvalue weighted by Crippen LogP contribution is 2.40. The SMILES string of the molecule is Clc1cc(Cl)c(-c2ncncc2-c2cnc[nH]2)s1. The van der Waals surface area contributed by atoms with E-state index in [9.17, 15) is 0 Å². The number of rotatable bonds is 2. The Hall–Kier alpha value is -1.43. The van der Waals surface area contributed by atoms with Crippen LogP contribution in [0.5, 0.6) is 0 Å². The average molecular weight is 297 g/mol. The number of nitrogens with one attached hydrogen (secondary N) is 1. The number of hydrogen-bond donors (Lipinski definition) is 1. The summed E-state index contributed by atoms with van der Waals surface area (Å²) in [6, 6.07) is 1.71. The van der Waals surface area contributed by atoms with Gasteiger partial charge in [0.1, 0.15) is 6.33 Å². The Labute approximate surface area is 117 Å². The third-order valence-corrected chi connectivity index (χ3v) is 4.05. The summed E-state index contributed by atoms with van der Waals surface area (Å²) in [6.45, 7) is 0. The van der Waals surface area contributed by atoms with E-state index in [0.717, 1.165) is 21.8 Å². The molecular weight excluding hydrogens is 291 g/mol. The lowest BCUT2D eigenvalue weighted by molar-refractivity contribution is 1.17. The molecule has 18 heavy (non-hydrogen) atoms. The molecule has 0 bridgehead atoms. The van der Waals surface area contributed by atoms with Crippen molar-refractivity contribution in [3.63, 3.8) is 0 Å². The third kappa shape index (κ3) is 2.01. The average Bonchev–Trinajstić information content (AvgIpc) is 2.99. The standard InChI is InChI=1S/C11H6Cl2N4S/c12-7-1-9(13)18-11(7)10-6(2-14-5-17-10)8-3-15-4-16-8/h1-5H,(H,15,16). The van der Waals surface area contributed by atoms with Crippen LogP contribution in [0.1, 0.15) is 0 Å². The molecular formula is C11H6Cl2N4S. The van der Waals surface area contributed by atoms with Crippen molar-refractivity contribution >= 4 is 34.5 Å². The molecule has 1 N–H and O–H groups in total. The van der Waals surface area contributed by atoms with Gasteiger partial charge in [-0.05, 0) is 6.07 Å². The van der Waals surface area contributed by atoms with Crippen LogP contribution in [0, 0.1) is 0 Å². The summed E-state index contributed by atoms with van der Waals surface area (Å²) in [7, 11) is 0. The molecule has 0 aromatic carbocycles. The molecule has 0 aliphatic carbocycles. The second-order valence-corrected chi connectivity index (χ2v) is 5.57. The Morgan fingerprint density at radius 2 is 2.06 bits per heavy atom. The Bertz CT molecular complexity index is 678. The Kier molecular flexibility index (Phi) is 3.03. The van der Waals surface area contributed by atoms with E-state index in [2.05, 4.69) is 19.9 Å². The van der Waals surface area contributed by atoms with Gasteiger partial charge in [-0.3, -0.25) is 0 Å². The first-order valence-electron chi connectivity index (χ1n) is 4.99. The number of H-pyrrole nitrogens is 1. The van der Waals surface area contributed by atoms with Gasteiger partial charge in [0.15, 0.2) is 0 Å². The maximum absolute atomic E-state index is 6.15. The van der Waals surface area contributed by atoms with Crippen LogP contribution >= 0.6 is 34.5 Å². The van der Waals surface area contributed by atoms with Crippen LogP contribution in [-0.4, -0.2) is 19.9 Å². The van der Waals surface area contributed by atoms with Crippen molar-refractivity contribution in [1.29, 1.82) is 0 Å². The lowest BCUT2D eigenvalue weighted by Gasteiger charge is -2.04. The fraction of sp³-hybridized carbons (Fsp3) is 0. The van der Waals surface area contributed by atoms with Crippen molar-refractivity contribution in [2.24, 2.45) is 0 Å². The van der Waals surface area contributed by atoms with Crippen LogP contribution < -0.4 is 0 Å². The van der Waals surface area contributed by atoms with E-state index in [-0.39, 0.29) is 0 Å². The van der Waals surface area contributed by atoms with Gasteiger partial charge >= 0.3 is 0 Å². The zero-order valence-corrected chi connectivity index (χ0v) is 11.2. The van der Waals surface area contributed by atoms with E-state index in [4.69, 9.17) is 23.2 Å². The molecule has 0 aliphatic heterocycles. The summed E-state index contributed by atoms with van der Waals surface area (Å²) < 4.78 is 0.629. The lowest BCUT2D eigenvalue weighted by atomic mass is 10.1. The molecule has 3 aromatic rings. The van der Waals surface area contributed by atoms with Gasteiger partial charge in [0.2, 0.25) is 0 Å². The molecule has 90 valence electrons. The Morgan fingerprint density at radius 3 is 2.72 bits per heavy atom. The van der Waals surface area contributed by atoms with Crippen LogP contribution in [-0.2, 0) is 0 Å². The highest BCUT2D eigenvalue weighted by Gasteiger charge is 2.15. The van der Waals surface area contributed by atoms with Crippen molar-refractivity contribution in [2.75, 3.05) is 0 Å². The second kappa shape index (κ2) is 4.68. The van der Waals surface area contributed by atoms with Crippen LogP contribution in [0.3, 0.4) is 0 Å². The number of aromatic amines is 1. The van der Waals surface area contributed by atoms with Crippen LogP contribution in [0.25, 0.3) is 21.8 Å². The van der Waals surface area contributed by atoms with Crippen molar-refractivity contribution in [3.8, 4) is 21.8 Å². The van der Waals surface area contributed by atoms with E-state index in [0.29, 0.717) is 9.36 Å². The van der Waals surface area contributed by atoms with Crippen molar-refractivity contribution < 1.29 is 0 Å². The molecule has 0 saturated carbocycles. The third-order valence-electron chi connectivity index (χ3n) is 2.37. The zero-order chi connectivity index (χ0) is 12.5. The summed E-state index contributed by atoms with van der Waals surface area (Å²) in [6.07, 6.45) is 6.53. The molecule has 0 amide bonds. The van der Waals surface area contributed by atoms with Gasteiger partial charge in [0.05, 0.1) is 38.1 Å². The normalized spacial score (nSPS) is 10.8. The summed E-state index contributed by atoms with van der Waals surface area (Å²) in [5.74, 6) is 0. The van der Waals surface area contributed by atoms with E-state index in [1.807, 2.05) is 0 Å². The van der Waals surface area contributed by atoms with Crippen molar-refractivity contribution in [2.45, 2.75) is 0 Å². The molecule has 0 fully saturated rings. The Balaban J connectivity index is 2.21. The van der Waals surface area contributed by atoms with E-state index in [1.54, 1.807) is 24.8 Å². The molecule has 0 spiro atoms. The zero-order valence-electron chi connectivity index (χ0n) is 8.89. The van der Waals surface area contributed by atoms with E-state index < -0.39 is 0 Å². The minimum absolute atomic E-state index is 0.587. The first-order chi connectivity index (χ1) is 8.75. The Morgan fingerprint density at radius 1 is 1.17 bits per heavy atom. The first-order valence-corrected chi connectivity index (χ1v) is 6.57. The fourth-order valence-electron chi connectivity index (χ4n) is 1.61. The van der Waals surface area contributed by atoms with Gasteiger partial charge in [-0.2, -0.15) is 0 Å². The maximum atomic E-state index is 6.15. The topological polar surface area (TPSA) is 54.5 Å². The smallest absolute Gasteiger partial charge is 0.116 e. The molecule has 0 unspecified atom stereocenters. The number of imidazole rings is 1. The maximum Gasteiger partial charge on any atom is 0.116 e. The molecule has 0 aliphatic rings. The number of thiophene rings is 1. The predicted molar refractivity (Wildman–Crippen MR) is 72.9 cm³/mol. The number of nitrogens with zero attached hydrogens (tertiary/aromatic N) is 3. The highest BCUT2D eigenvalue weighted by atomic mass is 35.5. The molecule has 0 radical (unpaired) electrons. The number of aromatic nitrogens is 4. The second-order valence-electron chi connectivity index (χ2n) is 3.48. The molecule has 0 saturated heterocycles. The number of halogens is 2. The van der Waals surface area contributed by atoms with Crippen molar-refractivity contribution in [3.05, 3.63) is 40.5 Å². The molecule has 0 atom stereocenters. The fourth-order valence-corrected chi connectivity index (χ4v) is 3.18. The van der Waals surface area contributed by atoms with Crippen LogP contribution in [0.2, 0.25) is 9.36 Å². The summed E-state index contributed by atoms with van der Waals surface area (Å²) in [5.41, 5.74) is 2.43. The van der Waals surface area contributed by atoms with E-state index in [1.165, 1.54) is 17.7 Å². The van der Waals surface area contributed by atoms with Crippen LogP contribution in [0.15, 0.2) is 31.1 Å². The summed E-state index contributed by atoms with van der Waals surface area (Å²) in [4.78, 5) is 16.2. The van der Waals surface area contributed by atoms with E-state index >= 15 is 0 Å². The molecule has 7 heteroatoms. The van der Waals surface area contributed by atoms with Crippen LogP contribution in [0.4, 0.5) is 0 Å². The van der Waals surface area contributed by atoms with Crippen molar-refractivity contribution in [1.82, 2.24) is 19.9 Å². The van der Waals surface area contributed by atoms with Gasteiger partial charge in [0.25, 0.3) is 0 Å². The predicted octanol–water partition coefficient (Wildman–Crippen LogP) is 3.90. The van der Waals surface area contributed by atoms with Gasteiger partial charge in [-0.25, -0.2) is 15.0 Å². The largest absolute Gasteiger partial charge is 0.345 e. The summed E-state index contributed by atoms with van der Waals surface area (Å²) >= 11 is 13.5. The molecule has 3 heterocycles. The van der Waals surface area contributed by atoms with Gasteiger partial charge < -0.3 is 4.98 Å². The molecule has 3 rings (SSSR count). The van der Waals surface area contributed by atoms with Gasteiger partial charge in [-0.15, -0.1) is 11.3 Å².